The van der Waals surface area contributed by atoms with Crippen molar-refractivity contribution in [3.8, 4) is 16.9 Å². The van der Waals surface area contributed by atoms with Gasteiger partial charge in [0, 0.05) is 48.1 Å². The number of aromatic nitrogens is 4. The SMILES string of the molecule is CO[C@@H](C)C[C@@H](C(=O)Nc1ccn2cnnc2c1)n1cc2c(cc1=O)-c1cc(Cl)ccc1C[C@@H](C(F)(F)F)CO2. The summed E-state index contributed by atoms with van der Waals surface area (Å²) < 4.78 is 55.3. The van der Waals surface area contributed by atoms with Crippen LogP contribution in [0.25, 0.3) is 16.8 Å². The van der Waals surface area contributed by atoms with Gasteiger partial charge in [-0.1, -0.05) is 17.7 Å². The first-order chi connectivity index (χ1) is 19.0. The molecule has 3 atom stereocenters. The zero-order chi connectivity index (χ0) is 28.6. The van der Waals surface area contributed by atoms with E-state index in [0.29, 0.717) is 33.0 Å². The highest BCUT2D eigenvalue weighted by Gasteiger charge is 2.41. The molecule has 210 valence electrons. The van der Waals surface area contributed by atoms with E-state index >= 15 is 0 Å². The number of hydrogen-bond donors (Lipinski definition) is 1. The lowest BCUT2D eigenvalue weighted by molar-refractivity contribution is -0.181. The maximum Gasteiger partial charge on any atom is 0.395 e. The minimum atomic E-state index is -4.51. The van der Waals surface area contributed by atoms with Gasteiger partial charge in [-0.25, -0.2) is 0 Å². The fraction of sp³-hybridized carbons (Fsp3) is 0.333. The van der Waals surface area contributed by atoms with Gasteiger partial charge < -0.3 is 14.8 Å². The molecule has 9 nitrogen and oxygen atoms in total. The van der Waals surface area contributed by atoms with Gasteiger partial charge in [-0.15, -0.1) is 10.2 Å². The second-order valence-corrected chi connectivity index (χ2v) is 10.1. The van der Waals surface area contributed by atoms with Crippen molar-refractivity contribution >= 4 is 28.8 Å². The monoisotopic (exact) mass is 575 g/mol. The van der Waals surface area contributed by atoms with Crippen LogP contribution < -0.4 is 15.6 Å². The van der Waals surface area contributed by atoms with Gasteiger partial charge in [0.2, 0.25) is 5.91 Å². The average Bonchev–Trinajstić information content (AvgIpc) is 3.37. The molecule has 0 fully saturated rings. The van der Waals surface area contributed by atoms with Crippen molar-refractivity contribution in [2.45, 2.75) is 38.1 Å². The maximum absolute atomic E-state index is 13.8. The summed E-state index contributed by atoms with van der Waals surface area (Å²) >= 11 is 6.18. The number of alkyl halides is 3. The Hall–Kier alpha value is -3.90. The highest BCUT2D eigenvalue weighted by atomic mass is 35.5. The largest absolute Gasteiger partial charge is 0.491 e. The first-order valence-electron chi connectivity index (χ1n) is 12.4. The smallest absolute Gasteiger partial charge is 0.395 e. The van der Waals surface area contributed by atoms with Gasteiger partial charge in [-0.2, -0.15) is 13.2 Å². The summed E-state index contributed by atoms with van der Waals surface area (Å²) in [6, 6.07) is 8.01. The van der Waals surface area contributed by atoms with Crippen LogP contribution in [0, 0.1) is 5.92 Å². The molecular formula is C27H25ClF3N5O4. The van der Waals surface area contributed by atoms with Crippen molar-refractivity contribution < 1.29 is 27.4 Å². The van der Waals surface area contributed by atoms with Crippen LogP contribution in [0.4, 0.5) is 18.9 Å². The Morgan fingerprint density at radius 1 is 1.25 bits per heavy atom. The third kappa shape index (κ3) is 5.68. The summed E-state index contributed by atoms with van der Waals surface area (Å²) in [5.41, 5.74) is 1.44. The van der Waals surface area contributed by atoms with Crippen LogP contribution in [-0.2, 0) is 16.0 Å². The van der Waals surface area contributed by atoms with Gasteiger partial charge >= 0.3 is 6.18 Å². The van der Waals surface area contributed by atoms with E-state index in [1.165, 1.54) is 43.9 Å². The molecule has 4 heterocycles. The highest BCUT2D eigenvalue weighted by molar-refractivity contribution is 6.30. The minimum Gasteiger partial charge on any atom is -0.491 e. The molecule has 1 amide bonds. The first kappa shape index (κ1) is 27.7. The molecule has 0 saturated carbocycles. The van der Waals surface area contributed by atoms with Crippen molar-refractivity contribution in [1.82, 2.24) is 19.2 Å². The molecule has 0 saturated heterocycles. The summed E-state index contributed by atoms with van der Waals surface area (Å²) in [7, 11) is 1.48. The molecule has 0 aliphatic carbocycles. The Labute approximate surface area is 231 Å². The zero-order valence-electron chi connectivity index (χ0n) is 21.5. The summed E-state index contributed by atoms with van der Waals surface area (Å²) in [4.78, 5) is 27.0. The molecule has 40 heavy (non-hydrogen) atoms. The summed E-state index contributed by atoms with van der Waals surface area (Å²) in [5, 5.41) is 10.9. The molecule has 1 aromatic carbocycles. The molecule has 0 unspecified atom stereocenters. The van der Waals surface area contributed by atoms with Crippen LogP contribution in [0.15, 0.2) is 59.9 Å². The van der Waals surface area contributed by atoms with Gasteiger partial charge in [0.1, 0.15) is 24.7 Å². The molecule has 5 rings (SSSR count). The van der Waals surface area contributed by atoms with Gasteiger partial charge in [-0.05, 0) is 42.7 Å². The molecule has 1 aliphatic rings. The first-order valence-corrected chi connectivity index (χ1v) is 12.8. The van der Waals surface area contributed by atoms with E-state index in [4.69, 9.17) is 21.1 Å². The standard InChI is InChI=1S/C27H25ClF3N5O4/c1-15(39-2)7-22(26(38)33-19-5-6-35-14-32-34-24(35)10-19)36-12-23-21(11-25(36)37)20-9-18(28)4-3-16(20)8-17(13-40-23)27(29,30)31/h3-6,9-12,14-15,17,22H,7-8,13H2,1-2H3,(H,33,38)/t15-,17+,22-/m0/s1. The van der Waals surface area contributed by atoms with E-state index in [2.05, 4.69) is 15.5 Å². The minimum absolute atomic E-state index is 0.0322. The number of benzene rings is 1. The molecule has 0 spiro atoms. The number of nitrogens with one attached hydrogen (secondary N) is 1. The Kier molecular flexibility index (Phi) is 7.56. The highest BCUT2D eigenvalue weighted by Crippen LogP contribution is 2.40. The number of pyridine rings is 2. The molecule has 4 aromatic rings. The van der Waals surface area contributed by atoms with E-state index in [1.54, 1.807) is 29.7 Å². The Morgan fingerprint density at radius 2 is 2.05 bits per heavy atom. The average molecular weight is 576 g/mol. The Balaban J connectivity index is 1.57. The molecule has 1 N–H and O–H groups in total. The number of ether oxygens (including phenoxy) is 2. The third-order valence-electron chi connectivity index (χ3n) is 6.94. The molecule has 0 bridgehead atoms. The normalized spacial score (nSPS) is 16.7. The summed E-state index contributed by atoms with van der Waals surface area (Å²) in [5.74, 6) is -2.28. The third-order valence-corrected chi connectivity index (χ3v) is 7.17. The van der Waals surface area contributed by atoms with Crippen LogP contribution in [0.5, 0.6) is 5.75 Å². The van der Waals surface area contributed by atoms with Crippen LogP contribution in [-0.4, -0.2) is 51.1 Å². The van der Waals surface area contributed by atoms with E-state index in [9.17, 15) is 22.8 Å². The van der Waals surface area contributed by atoms with Crippen molar-refractivity contribution in [2.75, 3.05) is 19.0 Å². The summed E-state index contributed by atoms with van der Waals surface area (Å²) in [6.07, 6.45) is -0.703. The lowest BCUT2D eigenvalue weighted by Gasteiger charge is -2.28. The van der Waals surface area contributed by atoms with E-state index < -0.39 is 42.3 Å². The summed E-state index contributed by atoms with van der Waals surface area (Å²) in [6.45, 7) is 1.09. The molecule has 3 aromatic heterocycles. The van der Waals surface area contributed by atoms with Crippen LogP contribution in [0.3, 0.4) is 0 Å². The lowest BCUT2D eigenvalue weighted by atomic mass is 9.91. The lowest BCUT2D eigenvalue weighted by Crippen LogP contribution is -2.36. The number of halogens is 4. The van der Waals surface area contributed by atoms with Crippen LogP contribution >= 0.6 is 11.6 Å². The molecule has 13 heteroatoms. The quantitative estimate of drug-likeness (QED) is 0.350. The predicted octanol–water partition coefficient (Wildman–Crippen LogP) is 4.93. The van der Waals surface area contributed by atoms with Gasteiger partial charge in [0.25, 0.3) is 5.56 Å². The van der Waals surface area contributed by atoms with E-state index in [-0.39, 0.29) is 18.6 Å². The van der Waals surface area contributed by atoms with Crippen molar-refractivity contribution in [2.24, 2.45) is 5.92 Å². The molecule has 1 aliphatic heterocycles. The predicted molar refractivity (Wildman–Crippen MR) is 142 cm³/mol. The number of fused-ring (bicyclic) bond motifs is 4. The fourth-order valence-electron chi connectivity index (χ4n) is 4.68. The Bertz CT molecular complexity index is 1620. The topological polar surface area (TPSA) is 99.7 Å². The van der Waals surface area contributed by atoms with E-state index in [1.807, 2.05) is 0 Å². The number of carbonyl (C=O) groups excluding carboxylic acids is 1. The van der Waals surface area contributed by atoms with Crippen LogP contribution in [0.2, 0.25) is 5.02 Å². The number of nitrogens with zero attached hydrogens (tertiary/aromatic N) is 4. The van der Waals surface area contributed by atoms with Gasteiger partial charge in [-0.3, -0.25) is 18.6 Å². The molecule has 0 radical (unpaired) electrons. The van der Waals surface area contributed by atoms with Crippen molar-refractivity contribution in [3.63, 3.8) is 0 Å². The zero-order valence-corrected chi connectivity index (χ0v) is 22.2. The molecular weight excluding hydrogens is 551 g/mol. The maximum atomic E-state index is 13.8. The number of methoxy groups -OCH3 is 1. The number of anilines is 1. The van der Waals surface area contributed by atoms with Gasteiger partial charge in [0.05, 0.1) is 18.2 Å². The number of rotatable bonds is 6. The number of hydrogen-bond acceptors (Lipinski definition) is 6. The van der Waals surface area contributed by atoms with Crippen LogP contribution in [0.1, 0.15) is 24.9 Å². The second kappa shape index (κ2) is 10.9. The number of carbonyl (C=O) groups is 1. The Morgan fingerprint density at radius 3 is 2.80 bits per heavy atom. The van der Waals surface area contributed by atoms with Crippen molar-refractivity contribution in [3.05, 3.63) is 76.1 Å². The van der Waals surface area contributed by atoms with E-state index in [0.717, 1.165) is 4.57 Å². The van der Waals surface area contributed by atoms with Gasteiger partial charge in [0.15, 0.2) is 5.65 Å². The second-order valence-electron chi connectivity index (χ2n) is 9.65. The fourth-order valence-corrected chi connectivity index (χ4v) is 4.85. The number of amides is 1. The van der Waals surface area contributed by atoms with Crippen molar-refractivity contribution in [1.29, 1.82) is 0 Å².